The van der Waals surface area contributed by atoms with Crippen LogP contribution in [0.1, 0.15) is 6.92 Å². The van der Waals surface area contributed by atoms with Crippen LogP contribution in [0.2, 0.25) is 0 Å². The minimum absolute atomic E-state index is 0.383. The lowest BCUT2D eigenvalue weighted by Crippen LogP contribution is -1.97. The molecule has 86 valence electrons. The first-order chi connectivity index (χ1) is 8.29. The second kappa shape index (κ2) is 3.66. The van der Waals surface area contributed by atoms with Gasteiger partial charge in [0.2, 0.25) is 0 Å². The van der Waals surface area contributed by atoms with Crippen LogP contribution in [0.25, 0.3) is 21.9 Å². The average molecular weight is 230 g/mol. The van der Waals surface area contributed by atoms with E-state index in [-0.39, 0.29) is 5.63 Å². The number of fused-ring (bicyclic) bond motifs is 2. The topological polar surface area (TPSA) is 52.6 Å². The number of benzene rings is 1. The van der Waals surface area contributed by atoms with Gasteiger partial charge in [0.15, 0.2) is 0 Å². The van der Waals surface area contributed by atoms with Crippen molar-refractivity contribution in [3.8, 4) is 5.75 Å². The summed E-state index contributed by atoms with van der Waals surface area (Å²) in [5, 5.41) is 1.66. The number of furan rings is 1. The van der Waals surface area contributed by atoms with Gasteiger partial charge in [-0.3, -0.25) is 0 Å². The summed E-state index contributed by atoms with van der Waals surface area (Å²) in [4.78, 5) is 11.2. The van der Waals surface area contributed by atoms with E-state index < -0.39 is 0 Å². The molecule has 0 N–H and O–H groups in total. The predicted molar refractivity (Wildman–Crippen MR) is 63.4 cm³/mol. The van der Waals surface area contributed by atoms with E-state index in [0.29, 0.717) is 23.5 Å². The van der Waals surface area contributed by atoms with Crippen LogP contribution in [-0.2, 0) is 0 Å². The van der Waals surface area contributed by atoms with Crippen molar-refractivity contribution in [2.24, 2.45) is 0 Å². The van der Waals surface area contributed by atoms with Gasteiger partial charge in [0, 0.05) is 12.1 Å². The van der Waals surface area contributed by atoms with Gasteiger partial charge in [0.25, 0.3) is 0 Å². The van der Waals surface area contributed by atoms with Crippen LogP contribution in [-0.4, -0.2) is 6.61 Å². The summed E-state index contributed by atoms with van der Waals surface area (Å²) in [5.41, 5.74) is 0.740. The van der Waals surface area contributed by atoms with Crippen molar-refractivity contribution in [1.82, 2.24) is 0 Å². The quantitative estimate of drug-likeness (QED) is 0.635. The van der Waals surface area contributed by atoms with Gasteiger partial charge in [-0.15, -0.1) is 0 Å². The van der Waals surface area contributed by atoms with E-state index in [2.05, 4.69) is 0 Å². The molecular weight excluding hydrogens is 220 g/mol. The first-order valence-electron chi connectivity index (χ1n) is 5.36. The fourth-order valence-electron chi connectivity index (χ4n) is 1.91. The maximum Gasteiger partial charge on any atom is 0.336 e. The zero-order valence-electron chi connectivity index (χ0n) is 9.23. The summed E-state index contributed by atoms with van der Waals surface area (Å²) >= 11 is 0. The minimum Gasteiger partial charge on any atom is -0.492 e. The summed E-state index contributed by atoms with van der Waals surface area (Å²) in [6, 6.07) is 6.63. The molecule has 0 radical (unpaired) electrons. The van der Waals surface area contributed by atoms with Crippen LogP contribution < -0.4 is 10.4 Å². The standard InChI is InChI=1S/C13H10O4/c1-2-15-13-8-3-4-12(14)17-11(8)7-10-9(13)5-6-16-10/h3-7H,2H2,1H3. The first-order valence-corrected chi connectivity index (χ1v) is 5.36. The molecule has 0 spiro atoms. The summed E-state index contributed by atoms with van der Waals surface area (Å²) in [6.45, 7) is 2.45. The average Bonchev–Trinajstić information content (AvgIpc) is 2.76. The molecule has 0 bridgehead atoms. The Balaban J connectivity index is 2.48. The van der Waals surface area contributed by atoms with Gasteiger partial charge in [-0.2, -0.15) is 0 Å². The van der Waals surface area contributed by atoms with Gasteiger partial charge < -0.3 is 13.6 Å². The smallest absolute Gasteiger partial charge is 0.336 e. The van der Waals surface area contributed by atoms with Crippen molar-refractivity contribution in [2.45, 2.75) is 6.92 Å². The highest BCUT2D eigenvalue weighted by atomic mass is 16.5. The molecule has 4 nitrogen and oxygen atoms in total. The first kappa shape index (κ1) is 9.96. The van der Waals surface area contributed by atoms with Crippen LogP contribution in [0.4, 0.5) is 0 Å². The second-order valence-electron chi connectivity index (χ2n) is 3.64. The Hall–Kier alpha value is -2.23. The fraction of sp³-hybridized carbons (Fsp3) is 0.154. The van der Waals surface area contributed by atoms with Crippen LogP contribution in [0.15, 0.2) is 44.2 Å². The van der Waals surface area contributed by atoms with Crippen LogP contribution in [0, 0.1) is 0 Å². The van der Waals surface area contributed by atoms with E-state index >= 15 is 0 Å². The van der Waals surface area contributed by atoms with Crippen LogP contribution >= 0.6 is 0 Å². The molecule has 2 heterocycles. The van der Waals surface area contributed by atoms with Crippen molar-refractivity contribution in [3.63, 3.8) is 0 Å². The SMILES string of the molecule is CCOc1c2ccoc2cc2oc(=O)ccc12. The Morgan fingerprint density at radius 3 is 2.82 bits per heavy atom. The van der Waals surface area contributed by atoms with E-state index in [1.165, 1.54) is 6.07 Å². The highest BCUT2D eigenvalue weighted by Crippen LogP contribution is 2.34. The third-order valence-electron chi connectivity index (χ3n) is 2.60. The lowest BCUT2D eigenvalue weighted by molar-refractivity contribution is 0.347. The molecule has 0 aliphatic carbocycles. The molecule has 0 saturated carbocycles. The van der Waals surface area contributed by atoms with Gasteiger partial charge >= 0.3 is 5.63 Å². The molecule has 0 amide bonds. The molecular formula is C13H10O4. The summed E-state index contributed by atoms with van der Waals surface area (Å²) in [7, 11) is 0. The molecule has 2 aromatic heterocycles. The second-order valence-corrected chi connectivity index (χ2v) is 3.64. The minimum atomic E-state index is -0.383. The van der Waals surface area contributed by atoms with E-state index in [0.717, 1.165) is 10.8 Å². The molecule has 0 unspecified atom stereocenters. The highest BCUT2D eigenvalue weighted by molar-refractivity contribution is 6.01. The maximum absolute atomic E-state index is 11.2. The molecule has 0 saturated heterocycles. The van der Waals surface area contributed by atoms with E-state index in [1.807, 2.05) is 13.0 Å². The molecule has 0 aliphatic heterocycles. The van der Waals surface area contributed by atoms with Crippen molar-refractivity contribution in [2.75, 3.05) is 6.61 Å². The van der Waals surface area contributed by atoms with E-state index in [9.17, 15) is 4.79 Å². The lowest BCUT2D eigenvalue weighted by atomic mass is 10.1. The largest absolute Gasteiger partial charge is 0.492 e. The predicted octanol–water partition coefficient (Wildman–Crippen LogP) is 2.94. The van der Waals surface area contributed by atoms with Gasteiger partial charge in [-0.1, -0.05) is 0 Å². The number of rotatable bonds is 2. The molecule has 4 heteroatoms. The number of hydrogen-bond acceptors (Lipinski definition) is 4. The Bertz CT molecular complexity index is 736. The third-order valence-corrected chi connectivity index (χ3v) is 2.60. The highest BCUT2D eigenvalue weighted by Gasteiger charge is 2.12. The Morgan fingerprint density at radius 2 is 2.00 bits per heavy atom. The molecule has 1 aromatic carbocycles. The fourth-order valence-corrected chi connectivity index (χ4v) is 1.91. The van der Waals surface area contributed by atoms with E-state index in [4.69, 9.17) is 13.6 Å². The van der Waals surface area contributed by atoms with Crippen molar-refractivity contribution < 1.29 is 13.6 Å². The zero-order chi connectivity index (χ0) is 11.8. The summed E-state index contributed by atoms with van der Waals surface area (Å²) < 4.78 is 16.0. The Morgan fingerprint density at radius 1 is 1.18 bits per heavy atom. The number of ether oxygens (including phenoxy) is 1. The number of hydrogen-bond donors (Lipinski definition) is 0. The van der Waals surface area contributed by atoms with Gasteiger partial charge in [0.1, 0.15) is 16.9 Å². The van der Waals surface area contributed by atoms with E-state index in [1.54, 1.807) is 18.4 Å². The van der Waals surface area contributed by atoms with Crippen molar-refractivity contribution in [1.29, 1.82) is 0 Å². The molecule has 3 aromatic rings. The monoisotopic (exact) mass is 230 g/mol. The van der Waals surface area contributed by atoms with Crippen LogP contribution in [0.5, 0.6) is 5.75 Å². The molecule has 17 heavy (non-hydrogen) atoms. The van der Waals surface area contributed by atoms with Crippen LogP contribution in [0.3, 0.4) is 0 Å². The molecule has 3 rings (SSSR count). The summed E-state index contributed by atoms with van der Waals surface area (Å²) in [6.07, 6.45) is 1.59. The van der Waals surface area contributed by atoms with Gasteiger partial charge in [0.05, 0.1) is 23.6 Å². The van der Waals surface area contributed by atoms with Crippen molar-refractivity contribution in [3.05, 3.63) is 40.9 Å². The van der Waals surface area contributed by atoms with Gasteiger partial charge in [-0.25, -0.2) is 4.79 Å². The molecule has 0 fully saturated rings. The summed E-state index contributed by atoms with van der Waals surface area (Å²) in [5.74, 6) is 0.692. The normalized spacial score (nSPS) is 11.1. The Labute approximate surface area is 96.4 Å². The Kier molecular flexibility index (Phi) is 2.14. The maximum atomic E-state index is 11.2. The van der Waals surface area contributed by atoms with Crippen molar-refractivity contribution >= 4 is 21.9 Å². The zero-order valence-corrected chi connectivity index (χ0v) is 9.23. The third kappa shape index (κ3) is 1.49. The lowest BCUT2D eigenvalue weighted by Gasteiger charge is -2.07. The van der Waals surface area contributed by atoms with Gasteiger partial charge in [-0.05, 0) is 19.1 Å². The molecule has 0 atom stereocenters. The molecule has 0 aliphatic rings.